The van der Waals surface area contributed by atoms with E-state index in [1.165, 1.54) is 5.57 Å². The van der Waals surface area contributed by atoms with Crippen molar-refractivity contribution in [1.29, 1.82) is 0 Å². The van der Waals surface area contributed by atoms with Gasteiger partial charge in [0.05, 0.1) is 5.41 Å². The zero-order chi connectivity index (χ0) is 16.4. The topological polar surface area (TPSA) is 55.4 Å². The highest BCUT2D eigenvalue weighted by atomic mass is 32.2. The Morgan fingerprint density at radius 3 is 2.95 bits per heavy atom. The summed E-state index contributed by atoms with van der Waals surface area (Å²) >= 11 is -0.729. The molecule has 2 rings (SSSR count). The predicted molar refractivity (Wildman–Crippen MR) is 79.5 cm³/mol. The Labute approximate surface area is 132 Å². The van der Waals surface area contributed by atoms with Gasteiger partial charge in [-0.25, -0.2) is 0 Å². The van der Waals surface area contributed by atoms with Crippen LogP contribution in [0.2, 0.25) is 0 Å². The first-order valence-electron chi connectivity index (χ1n) is 7.37. The van der Waals surface area contributed by atoms with Gasteiger partial charge in [0.15, 0.2) is 0 Å². The summed E-state index contributed by atoms with van der Waals surface area (Å²) in [6.07, 6.45) is 7.14. The molecular formula is C14H20F3N2O2S-. The molecule has 8 heteroatoms. The number of nitrogens with zero attached hydrogens (tertiary/aromatic N) is 1. The smallest absolute Gasteiger partial charge is 0.455 e. The number of halogens is 3. The third-order valence-electron chi connectivity index (χ3n) is 4.20. The second-order valence-corrected chi connectivity index (χ2v) is 7.29. The van der Waals surface area contributed by atoms with Gasteiger partial charge in [0, 0.05) is 25.0 Å². The SMILES string of the molecule is CC1(C(=O)NCCN([O-])SC(F)(F)F)C=C2CCCC(C2)C1. The van der Waals surface area contributed by atoms with E-state index >= 15 is 0 Å². The van der Waals surface area contributed by atoms with Crippen molar-refractivity contribution in [2.75, 3.05) is 13.1 Å². The van der Waals surface area contributed by atoms with Gasteiger partial charge in [-0.2, -0.15) is 13.2 Å². The summed E-state index contributed by atoms with van der Waals surface area (Å²) in [6.45, 7) is 1.38. The Hall–Kier alpha value is -0.730. The summed E-state index contributed by atoms with van der Waals surface area (Å²) in [4.78, 5) is 12.3. The molecule has 0 spiro atoms. The van der Waals surface area contributed by atoms with Gasteiger partial charge in [0.25, 0.3) is 0 Å². The van der Waals surface area contributed by atoms with E-state index in [0.717, 1.165) is 32.1 Å². The molecule has 0 aromatic carbocycles. The van der Waals surface area contributed by atoms with E-state index in [1.54, 1.807) is 0 Å². The molecule has 2 bridgehead atoms. The van der Waals surface area contributed by atoms with Gasteiger partial charge in [-0.05, 0) is 44.9 Å². The molecule has 2 aliphatic carbocycles. The molecule has 2 atom stereocenters. The van der Waals surface area contributed by atoms with Crippen LogP contribution in [0.4, 0.5) is 13.2 Å². The van der Waals surface area contributed by atoms with Gasteiger partial charge < -0.3 is 15.0 Å². The van der Waals surface area contributed by atoms with E-state index in [0.29, 0.717) is 5.92 Å². The normalized spacial score (nSPS) is 28.5. The van der Waals surface area contributed by atoms with Crippen molar-refractivity contribution in [1.82, 2.24) is 9.79 Å². The number of hydrogen-bond donors (Lipinski definition) is 1. The lowest BCUT2D eigenvalue weighted by atomic mass is 9.67. The van der Waals surface area contributed by atoms with E-state index in [4.69, 9.17) is 0 Å². The van der Waals surface area contributed by atoms with Crippen LogP contribution in [-0.4, -0.2) is 29.0 Å². The number of hydrogen-bond acceptors (Lipinski definition) is 4. The number of nitrogens with one attached hydrogen (secondary N) is 1. The summed E-state index contributed by atoms with van der Waals surface area (Å²) in [6, 6.07) is 0. The predicted octanol–water partition coefficient (Wildman–Crippen LogP) is 3.60. The highest BCUT2D eigenvalue weighted by molar-refractivity contribution is 7.97. The zero-order valence-electron chi connectivity index (χ0n) is 12.4. The second kappa shape index (κ2) is 6.80. The van der Waals surface area contributed by atoms with Gasteiger partial charge in [-0.15, -0.1) is 0 Å². The van der Waals surface area contributed by atoms with Crippen LogP contribution in [0.25, 0.3) is 0 Å². The standard InChI is InChI=1S/C14H20F3N2O2S/c1-13(8-10-3-2-4-11(7-10)9-13)12(20)18-5-6-19(21)22-14(15,16)17/h8,11H,2-7,9H2,1H3,(H,18,20)/q-1. The van der Waals surface area contributed by atoms with Gasteiger partial charge in [0.2, 0.25) is 5.91 Å². The van der Waals surface area contributed by atoms with E-state index in [-0.39, 0.29) is 16.9 Å². The molecule has 0 aromatic heterocycles. The first-order valence-corrected chi connectivity index (χ1v) is 8.15. The molecular weight excluding hydrogens is 317 g/mol. The second-order valence-electron chi connectivity index (χ2n) is 6.24. The first kappa shape index (κ1) is 17.6. The highest BCUT2D eigenvalue weighted by Crippen LogP contribution is 2.44. The molecule has 0 aromatic rings. The Bertz CT molecular complexity index is 456. The molecule has 2 unspecified atom stereocenters. The van der Waals surface area contributed by atoms with E-state index in [9.17, 15) is 23.2 Å². The van der Waals surface area contributed by atoms with Crippen molar-refractivity contribution in [2.45, 2.75) is 44.5 Å². The van der Waals surface area contributed by atoms with Crippen molar-refractivity contribution in [2.24, 2.45) is 11.3 Å². The average molecular weight is 337 g/mol. The molecule has 2 aliphatic rings. The Balaban J connectivity index is 1.82. The minimum Gasteiger partial charge on any atom is -0.775 e. The van der Waals surface area contributed by atoms with Crippen LogP contribution < -0.4 is 5.32 Å². The zero-order valence-corrected chi connectivity index (χ0v) is 13.2. The summed E-state index contributed by atoms with van der Waals surface area (Å²) in [7, 11) is 0. The summed E-state index contributed by atoms with van der Waals surface area (Å²) in [5.74, 6) is 0.309. The van der Waals surface area contributed by atoms with Crippen molar-refractivity contribution in [3.05, 3.63) is 16.9 Å². The fraction of sp³-hybridized carbons (Fsp3) is 0.786. The molecule has 1 saturated carbocycles. The van der Waals surface area contributed by atoms with E-state index < -0.39 is 29.4 Å². The van der Waals surface area contributed by atoms with Crippen molar-refractivity contribution in [3.8, 4) is 0 Å². The molecule has 1 amide bonds. The van der Waals surface area contributed by atoms with Crippen molar-refractivity contribution < 1.29 is 18.0 Å². The Morgan fingerprint density at radius 1 is 1.59 bits per heavy atom. The maximum absolute atomic E-state index is 12.3. The molecule has 0 aliphatic heterocycles. The summed E-state index contributed by atoms with van der Waals surface area (Å²) < 4.78 is 35.8. The molecule has 4 nitrogen and oxygen atoms in total. The van der Waals surface area contributed by atoms with Crippen molar-refractivity contribution >= 4 is 17.9 Å². The number of carbonyl (C=O) groups excluding carboxylic acids is 1. The molecule has 1 N–H and O–H groups in total. The van der Waals surface area contributed by atoms with Crippen LogP contribution in [0.1, 0.15) is 39.0 Å². The largest absolute Gasteiger partial charge is 0.775 e. The summed E-state index contributed by atoms with van der Waals surface area (Å²) in [5, 5.41) is 13.6. The molecule has 0 radical (unpaired) electrons. The maximum Gasteiger partial charge on any atom is 0.455 e. The van der Waals surface area contributed by atoms with Crippen LogP contribution >= 0.6 is 11.9 Å². The van der Waals surface area contributed by atoms with E-state index in [2.05, 4.69) is 5.32 Å². The molecule has 0 saturated heterocycles. The lowest BCUT2D eigenvalue weighted by molar-refractivity contribution is -0.129. The Kier molecular flexibility index (Phi) is 5.45. The van der Waals surface area contributed by atoms with E-state index in [1.807, 2.05) is 13.0 Å². The van der Waals surface area contributed by atoms with Crippen LogP contribution in [-0.2, 0) is 4.79 Å². The minimum absolute atomic E-state index is 0.0884. The minimum atomic E-state index is -4.59. The lowest BCUT2D eigenvalue weighted by Crippen LogP contribution is -2.43. The number of rotatable bonds is 5. The number of fused-ring (bicyclic) bond motifs is 2. The van der Waals surface area contributed by atoms with Crippen molar-refractivity contribution in [3.63, 3.8) is 0 Å². The quantitative estimate of drug-likeness (QED) is 0.473. The molecule has 0 heterocycles. The molecule has 1 fully saturated rings. The van der Waals surface area contributed by atoms with Gasteiger partial charge in [-0.1, -0.05) is 11.6 Å². The van der Waals surface area contributed by atoms with Crippen LogP contribution in [0.5, 0.6) is 0 Å². The number of amides is 1. The fourth-order valence-corrected chi connectivity index (χ4v) is 3.80. The number of carbonyl (C=O) groups is 1. The van der Waals surface area contributed by atoms with Crippen LogP contribution in [0.15, 0.2) is 11.6 Å². The third kappa shape index (κ3) is 4.89. The van der Waals surface area contributed by atoms with Crippen LogP contribution in [0.3, 0.4) is 0 Å². The monoisotopic (exact) mass is 337 g/mol. The van der Waals surface area contributed by atoms with Gasteiger partial charge in [-0.3, -0.25) is 4.79 Å². The van der Waals surface area contributed by atoms with Gasteiger partial charge in [0.1, 0.15) is 0 Å². The molecule has 22 heavy (non-hydrogen) atoms. The summed E-state index contributed by atoms with van der Waals surface area (Å²) in [5.41, 5.74) is -3.90. The fourth-order valence-electron chi connectivity index (χ4n) is 3.39. The number of alkyl halides is 3. The maximum atomic E-state index is 12.3. The lowest BCUT2D eigenvalue weighted by Gasteiger charge is -2.38. The average Bonchev–Trinajstić information content (AvgIpc) is 2.35. The highest BCUT2D eigenvalue weighted by Gasteiger charge is 2.38. The van der Waals surface area contributed by atoms with Gasteiger partial charge >= 0.3 is 5.51 Å². The Morgan fingerprint density at radius 2 is 2.32 bits per heavy atom. The van der Waals surface area contributed by atoms with Crippen LogP contribution in [0, 0.1) is 16.5 Å². The first-order chi connectivity index (χ1) is 10.2. The third-order valence-corrected chi connectivity index (χ3v) is 4.79. The number of hydroxylamine groups is 1. The number of allylic oxidation sites excluding steroid dienone is 1. The molecule has 126 valence electrons.